The van der Waals surface area contributed by atoms with Crippen molar-refractivity contribution in [2.75, 3.05) is 39.0 Å². The summed E-state index contributed by atoms with van der Waals surface area (Å²) in [5.74, 6) is -3.62. The summed E-state index contributed by atoms with van der Waals surface area (Å²) in [6.45, 7) is 22.0. The molecule has 0 aromatic rings. The van der Waals surface area contributed by atoms with Crippen LogP contribution in [-0.2, 0) is 43.2 Å². The molecule has 3 rings (SSSR count). The highest BCUT2D eigenvalue weighted by Crippen LogP contribution is 2.43. The summed E-state index contributed by atoms with van der Waals surface area (Å²) in [6.07, 6.45) is -7.76. The van der Waals surface area contributed by atoms with E-state index in [9.17, 15) is 38.7 Å². The summed E-state index contributed by atoms with van der Waals surface area (Å²) in [6, 6.07) is -0.643. The Labute approximate surface area is 365 Å². The normalized spacial score (nSPS) is 45.1. The summed E-state index contributed by atoms with van der Waals surface area (Å²) in [5.41, 5.74) is -6.20. The minimum Gasteiger partial charge on any atom is -0.459 e. The molecule has 3 aliphatic heterocycles. The molecule has 0 aliphatic carbocycles. The topological polar surface area (TPSA) is 244 Å². The highest BCUT2D eigenvalue weighted by molar-refractivity contribution is 7.89. The number of carbonyl (C=O) groups excluding carboxylic acids is 1. The first-order chi connectivity index (χ1) is 28.2. The Bertz CT molecular complexity index is 1480. The predicted molar refractivity (Wildman–Crippen MR) is 230 cm³/mol. The van der Waals surface area contributed by atoms with Gasteiger partial charge in [-0.3, -0.25) is 4.79 Å². The number of esters is 1. The highest BCUT2D eigenvalue weighted by Gasteiger charge is 2.58. The maximum atomic E-state index is 14.4. The molecule has 18 heteroatoms. The molecule has 0 spiro atoms. The standard InChI is InChI=1S/C43H83N3O14S/c1-14-17-44-24-43(52)30(9)57-33(21-41(43,11)55-13)59-35-27(6)37(60-39-34(47)31(19-26(5)56-39)23-46-61(53,54)18-15-2)40(10,50)20-25(4)22-45-29(8)36(48)42(12,51)32(16-3)58-38(49)28(35)7/h25-37,39,44-48,50-52H,14-24H2,1-13H3/t25-,26-,27+,28-,29-,30+,31+,32-,33+,34-,35+,36-,37-,39+,40-,41-,42-,43+/m1/s1. The molecular weight excluding hydrogens is 815 g/mol. The number of aliphatic hydroxyl groups is 5. The lowest BCUT2D eigenvalue weighted by molar-refractivity contribution is -0.336. The molecule has 18 atom stereocenters. The van der Waals surface area contributed by atoms with Crippen LogP contribution in [0.2, 0.25) is 0 Å². The van der Waals surface area contributed by atoms with Crippen LogP contribution in [0.5, 0.6) is 0 Å². The molecule has 17 nitrogen and oxygen atoms in total. The molecule has 3 saturated heterocycles. The number of ether oxygens (including phenoxy) is 6. The van der Waals surface area contributed by atoms with E-state index in [1.54, 1.807) is 62.3 Å². The molecule has 360 valence electrons. The van der Waals surface area contributed by atoms with Crippen molar-refractivity contribution in [2.24, 2.45) is 23.7 Å². The predicted octanol–water partition coefficient (Wildman–Crippen LogP) is 1.94. The van der Waals surface area contributed by atoms with Crippen molar-refractivity contribution in [3.8, 4) is 0 Å². The van der Waals surface area contributed by atoms with E-state index < -0.39 is 118 Å². The third kappa shape index (κ3) is 13.3. The summed E-state index contributed by atoms with van der Waals surface area (Å²) >= 11 is 0. The summed E-state index contributed by atoms with van der Waals surface area (Å²) in [5, 5.41) is 66.1. The average molecular weight is 898 g/mol. The molecule has 0 aromatic carbocycles. The average Bonchev–Trinajstić information content (AvgIpc) is 3.18. The van der Waals surface area contributed by atoms with E-state index >= 15 is 0 Å². The Kier molecular flexibility index (Phi) is 19.9. The van der Waals surface area contributed by atoms with Crippen molar-refractivity contribution in [3.05, 3.63) is 0 Å². The van der Waals surface area contributed by atoms with Gasteiger partial charge >= 0.3 is 5.97 Å². The molecule has 3 heterocycles. The monoisotopic (exact) mass is 898 g/mol. The van der Waals surface area contributed by atoms with Gasteiger partial charge in [-0.2, -0.15) is 0 Å². The molecule has 0 amide bonds. The molecular formula is C43H83N3O14S. The maximum Gasteiger partial charge on any atom is 0.311 e. The van der Waals surface area contributed by atoms with Crippen molar-refractivity contribution in [1.82, 2.24) is 15.4 Å². The lowest BCUT2D eigenvalue weighted by Gasteiger charge is -2.53. The SMILES string of the molecule is CCCNC[C@]1(O)[C@H](C)O[C@@H](O[C@H]2[C@H](C)[C@@H](O[C@@H]3O[C@H](C)C[C@@H](CNS(=O)(=O)CCC)[C@H]3O)[C@](C)(O)C[C@@H](C)CN[C@H](C)[C@@H](O)[C@](C)(O)[C@@H](CC)OC(=O)[C@@H]2C)C[C@@]1(C)OC. The van der Waals surface area contributed by atoms with Crippen LogP contribution >= 0.6 is 0 Å². The quantitative estimate of drug-likeness (QED) is 0.0865. The molecule has 0 saturated carbocycles. The van der Waals surface area contributed by atoms with Gasteiger partial charge in [0.05, 0.1) is 41.7 Å². The first kappa shape index (κ1) is 54.2. The summed E-state index contributed by atoms with van der Waals surface area (Å²) < 4.78 is 66.0. The molecule has 3 fully saturated rings. The van der Waals surface area contributed by atoms with Gasteiger partial charge in [-0.1, -0.05) is 34.6 Å². The fourth-order valence-corrected chi connectivity index (χ4v) is 10.7. The first-order valence-corrected chi connectivity index (χ1v) is 24.2. The van der Waals surface area contributed by atoms with Crippen LogP contribution in [0, 0.1) is 23.7 Å². The molecule has 8 N–H and O–H groups in total. The highest BCUT2D eigenvalue weighted by atomic mass is 32.2. The smallest absolute Gasteiger partial charge is 0.311 e. The van der Waals surface area contributed by atoms with Gasteiger partial charge in [0.15, 0.2) is 12.6 Å². The zero-order chi connectivity index (χ0) is 46.3. The van der Waals surface area contributed by atoms with E-state index in [1.807, 2.05) is 13.8 Å². The van der Waals surface area contributed by atoms with Crippen LogP contribution in [0.15, 0.2) is 0 Å². The molecule has 3 aliphatic rings. The zero-order valence-corrected chi connectivity index (χ0v) is 40.0. The second-order valence-electron chi connectivity index (χ2n) is 19.1. The van der Waals surface area contributed by atoms with Gasteiger partial charge in [0, 0.05) is 44.5 Å². The number of nitrogens with one attached hydrogen (secondary N) is 3. The second-order valence-corrected chi connectivity index (χ2v) is 21.0. The largest absolute Gasteiger partial charge is 0.459 e. The molecule has 61 heavy (non-hydrogen) atoms. The number of hydrogen-bond donors (Lipinski definition) is 8. The second kappa shape index (κ2) is 22.4. The van der Waals surface area contributed by atoms with Crippen LogP contribution in [0.4, 0.5) is 0 Å². The zero-order valence-electron chi connectivity index (χ0n) is 39.2. The number of aliphatic hydroxyl groups excluding tert-OH is 2. The van der Waals surface area contributed by atoms with Crippen molar-refractivity contribution >= 4 is 16.0 Å². The molecule has 0 radical (unpaired) electrons. The van der Waals surface area contributed by atoms with Crippen molar-refractivity contribution in [3.63, 3.8) is 0 Å². The number of sulfonamides is 1. The van der Waals surface area contributed by atoms with Gasteiger partial charge in [-0.15, -0.1) is 0 Å². The van der Waals surface area contributed by atoms with E-state index in [0.29, 0.717) is 25.9 Å². The van der Waals surface area contributed by atoms with Gasteiger partial charge in [0.25, 0.3) is 0 Å². The number of carbonyl (C=O) groups is 1. The van der Waals surface area contributed by atoms with Gasteiger partial charge < -0.3 is 64.6 Å². The van der Waals surface area contributed by atoms with Crippen molar-refractivity contribution < 1.29 is 67.2 Å². The van der Waals surface area contributed by atoms with Crippen LogP contribution in [0.1, 0.15) is 122 Å². The van der Waals surface area contributed by atoms with Crippen LogP contribution < -0.4 is 15.4 Å². The first-order valence-electron chi connectivity index (χ1n) is 22.6. The van der Waals surface area contributed by atoms with E-state index in [-0.39, 0.29) is 44.0 Å². The molecule has 0 aromatic heterocycles. The van der Waals surface area contributed by atoms with E-state index in [2.05, 4.69) is 15.4 Å². The lowest BCUT2D eigenvalue weighted by Crippen LogP contribution is -2.70. The fraction of sp³-hybridized carbons (Fsp3) is 0.977. The summed E-state index contributed by atoms with van der Waals surface area (Å²) in [7, 11) is -2.07. The van der Waals surface area contributed by atoms with E-state index in [0.717, 1.165) is 6.42 Å². The number of hydrogen-bond acceptors (Lipinski definition) is 16. The Hall–Kier alpha value is -1.10. The van der Waals surface area contributed by atoms with Crippen molar-refractivity contribution in [1.29, 1.82) is 0 Å². The lowest BCUT2D eigenvalue weighted by atomic mass is 9.75. The number of methoxy groups -OCH3 is 1. The number of cyclic esters (lactones) is 1. The van der Waals surface area contributed by atoms with Gasteiger partial charge in [0.2, 0.25) is 10.0 Å². The van der Waals surface area contributed by atoms with E-state index in [4.69, 9.17) is 28.4 Å². The van der Waals surface area contributed by atoms with Gasteiger partial charge in [0.1, 0.15) is 35.1 Å². The Morgan fingerprint density at radius 3 is 2.18 bits per heavy atom. The Morgan fingerprint density at radius 2 is 1.59 bits per heavy atom. The minimum absolute atomic E-state index is 0.0434. The molecule has 0 bridgehead atoms. The van der Waals surface area contributed by atoms with E-state index in [1.165, 1.54) is 14.0 Å². The third-order valence-electron chi connectivity index (χ3n) is 13.5. The Morgan fingerprint density at radius 1 is 0.934 bits per heavy atom. The third-order valence-corrected chi connectivity index (χ3v) is 15.1. The Balaban J connectivity index is 2.15. The van der Waals surface area contributed by atoms with Gasteiger partial charge in [-0.25, -0.2) is 13.1 Å². The van der Waals surface area contributed by atoms with Crippen LogP contribution in [-0.4, -0.2) is 163 Å². The maximum absolute atomic E-state index is 14.4. The number of rotatable bonds is 15. The fourth-order valence-electron chi connectivity index (χ4n) is 9.60. The molecule has 0 unspecified atom stereocenters. The van der Waals surface area contributed by atoms with Crippen LogP contribution in [0.3, 0.4) is 0 Å². The van der Waals surface area contributed by atoms with Crippen LogP contribution in [0.25, 0.3) is 0 Å². The minimum atomic E-state index is -3.58. The van der Waals surface area contributed by atoms with Gasteiger partial charge in [-0.05, 0) is 99.6 Å². The van der Waals surface area contributed by atoms with Crippen molar-refractivity contribution in [2.45, 2.75) is 205 Å². The summed E-state index contributed by atoms with van der Waals surface area (Å²) in [4.78, 5) is 14.4.